The van der Waals surface area contributed by atoms with Crippen LogP contribution >= 0.6 is 23.2 Å². The zero-order chi connectivity index (χ0) is 19.3. The van der Waals surface area contributed by atoms with E-state index in [1.54, 1.807) is 31.2 Å². The number of primary amides is 1. The first-order chi connectivity index (χ1) is 12.3. The minimum atomic E-state index is -0.667. The van der Waals surface area contributed by atoms with Crippen molar-refractivity contribution in [1.82, 2.24) is 0 Å². The molecule has 0 unspecified atom stereocenters. The number of halogens is 2. The van der Waals surface area contributed by atoms with Gasteiger partial charge in [-0.25, -0.2) is 4.79 Å². The summed E-state index contributed by atoms with van der Waals surface area (Å²) in [7, 11) is 1.38. The fourth-order valence-electron chi connectivity index (χ4n) is 2.22. The summed E-state index contributed by atoms with van der Waals surface area (Å²) in [5, 5.41) is 0.585. The lowest BCUT2D eigenvalue weighted by Gasteiger charge is -2.16. The van der Waals surface area contributed by atoms with Crippen LogP contribution in [0.1, 0.15) is 28.9 Å². The summed E-state index contributed by atoms with van der Waals surface area (Å²) in [5.41, 5.74) is 5.90. The van der Waals surface area contributed by atoms with Crippen molar-refractivity contribution in [3.63, 3.8) is 0 Å². The monoisotopic (exact) mass is 397 g/mol. The van der Waals surface area contributed by atoms with E-state index in [2.05, 4.69) is 0 Å². The first-order valence-corrected chi connectivity index (χ1v) is 8.33. The van der Waals surface area contributed by atoms with Gasteiger partial charge in [0.15, 0.2) is 18.1 Å². The first-order valence-electron chi connectivity index (χ1n) is 7.57. The number of carbonyl (C=O) groups excluding carboxylic acids is 2. The van der Waals surface area contributed by atoms with E-state index in [9.17, 15) is 9.59 Å². The molecule has 0 heterocycles. The number of esters is 1. The molecule has 0 spiro atoms. The lowest BCUT2D eigenvalue weighted by Crippen LogP contribution is -2.20. The molecular formula is C18H17Cl2NO5. The Morgan fingerprint density at radius 1 is 1.15 bits per heavy atom. The molecule has 2 aromatic rings. The van der Waals surface area contributed by atoms with Gasteiger partial charge in [-0.05, 0) is 25.1 Å². The topological polar surface area (TPSA) is 87.8 Å². The van der Waals surface area contributed by atoms with Gasteiger partial charge in [-0.1, -0.05) is 41.4 Å². The Labute approximate surface area is 160 Å². The predicted molar refractivity (Wildman–Crippen MR) is 98.0 cm³/mol. The molecule has 0 aliphatic heterocycles. The maximum atomic E-state index is 12.4. The fraction of sp³-hybridized carbons (Fsp3) is 0.222. The summed E-state index contributed by atoms with van der Waals surface area (Å²) >= 11 is 12.2. The summed E-state index contributed by atoms with van der Waals surface area (Å²) in [6.45, 7) is 1.34. The number of carbonyl (C=O) groups is 2. The number of hydrogen-bond acceptors (Lipinski definition) is 5. The molecule has 2 N–H and O–H groups in total. The van der Waals surface area contributed by atoms with Crippen LogP contribution in [-0.4, -0.2) is 25.6 Å². The maximum absolute atomic E-state index is 12.4. The number of ether oxygens (including phenoxy) is 3. The first kappa shape index (κ1) is 19.9. The molecule has 0 bridgehead atoms. The second-order valence-corrected chi connectivity index (χ2v) is 6.13. The smallest absolute Gasteiger partial charge is 0.338 e. The van der Waals surface area contributed by atoms with Crippen LogP contribution in [0.5, 0.6) is 11.5 Å². The van der Waals surface area contributed by atoms with Gasteiger partial charge in [-0.3, -0.25) is 4.79 Å². The zero-order valence-corrected chi connectivity index (χ0v) is 15.6. The molecule has 138 valence electrons. The van der Waals surface area contributed by atoms with Crippen LogP contribution in [0.2, 0.25) is 10.0 Å². The molecule has 2 aromatic carbocycles. The van der Waals surface area contributed by atoms with Crippen molar-refractivity contribution in [3.05, 3.63) is 57.6 Å². The lowest BCUT2D eigenvalue weighted by atomic mass is 10.1. The van der Waals surface area contributed by atoms with Crippen LogP contribution in [0.25, 0.3) is 0 Å². The van der Waals surface area contributed by atoms with Crippen molar-refractivity contribution in [2.45, 2.75) is 13.0 Å². The molecule has 0 aromatic heterocycles. The molecule has 26 heavy (non-hydrogen) atoms. The highest BCUT2D eigenvalue weighted by molar-refractivity contribution is 6.32. The summed E-state index contributed by atoms with van der Waals surface area (Å²) in [6.07, 6.45) is -0.563. The van der Waals surface area contributed by atoms with Gasteiger partial charge in [0.05, 0.1) is 17.7 Å². The third-order valence-corrected chi connectivity index (χ3v) is 4.08. The molecule has 8 heteroatoms. The van der Waals surface area contributed by atoms with E-state index in [0.29, 0.717) is 10.6 Å². The highest BCUT2D eigenvalue weighted by Gasteiger charge is 2.20. The van der Waals surface area contributed by atoms with E-state index in [1.165, 1.54) is 19.2 Å². The minimum Gasteiger partial charge on any atom is -0.493 e. The van der Waals surface area contributed by atoms with Crippen molar-refractivity contribution in [2.75, 3.05) is 13.7 Å². The van der Waals surface area contributed by atoms with Gasteiger partial charge >= 0.3 is 5.97 Å². The van der Waals surface area contributed by atoms with Gasteiger partial charge < -0.3 is 19.9 Å². The molecule has 0 radical (unpaired) electrons. The zero-order valence-electron chi connectivity index (χ0n) is 14.1. The fourth-order valence-corrected chi connectivity index (χ4v) is 2.77. The van der Waals surface area contributed by atoms with Crippen LogP contribution in [0.3, 0.4) is 0 Å². The standard InChI is InChI=1S/C18H17Cl2NO5/c1-10(12-5-3-4-6-13(12)19)26-18(23)11-7-14(20)17(15(8-11)24-2)25-9-16(21)22/h3-8,10H,9H2,1-2H3,(H2,21,22)/t10-/m1/s1. The average molecular weight is 398 g/mol. The largest absolute Gasteiger partial charge is 0.493 e. The Hall–Kier alpha value is -2.44. The van der Waals surface area contributed by atoms with Crippen molar-refractivity contribution in [1.29, 1.82) is 0 Å². The summed E-state index contributed by atoms with van der Waals surface area (Å²) in [4.78, 5) is 23.3. The second kappa shape index (κ2) is 8.78. The molecule has 0 saturated carbocycles. The van der Waals surface area contributed by atoms with Gasteiger partial charge in [0.1, 0.15) is 6.10 Å². The molecule has 0 aliphatic carbocycles. The van der Waals surface area contributed by atoms with E-state index in [4.69, 9.17) is 43.1 Å². The third kappa shape index (κ3) is 4.80. The predicted octanol–water partition coefficient (Wildman–Crippen LogP) is 3.78. The van der Waals surface area contributed by atoms with Crippen LogP contribution in [-0.2, 0) is 9.53 Å². The number of rotatable bonds is 7. The molecular weight excluding hydrogens is 381 g/mol. The Balaban J connectivity index is 2.22. The quantitative estimate of drug-likeness (QED) is 0.718. The Morgan fingerprint density at radius 2 is 1.85 bits per heavy atom. The van der Waals surface area contributed by atoms with Crippen LogP contribution in [0.15, 0.2) is 36.4 Å². The number of nitrogens with two attached hydrogens (primary N) is 1. The second-order valence-electron chi connectivity index (χ2n) is 5.31. The summed E-state index contributed by atoms with van der Waals surface area (Å²) in [6, 6.07) is 9.85. The number of hydrogen-bond donors (Lipinski definition) is 1. The molecule has 0 fully saturated rings. The minimum absolute atomic E-state index is 0.0861. The molecule has 1 atom stereocenters. The lowest BCUT2D eigenvalue weighted by molar-refractivity contribution is -0.119. The van der Waals surface area contributed by atoms with Crippen LogP contribution in [0.4, 0.5) is 0 Å². The summed E-state index contributed by atoms with van der Waals surface area (Å²) in [5.74, 6) is -0.987. The van der Waals surface area contributed by atoms with Gasteiger partial charge in [0, 0.05) is 10.6 Å². The molecule has 0 saturated heterocycles. The van der Waals surface area contributed by atoms with E-state index >= 15 is 0 Å². The Bertz CT molecular complexity index is 825. The number of methoxy groups -OCH3 is 1. The van der Waals surface area contributed by atoms with Crippen molar-refractivity contribution in [2.24, 2.45) is 5.73 Å². The SMILES string of the molecule is COc1cc(C(=O)O[C@H](C)c2ccccc2Cl)cc(Cl)c1OCC(N)=O. The van der Waals surface area contributed by atoms with Crippen molar-refractivity contribution < 1.29 is 23.8 Å². The highest BCUT2D eigenvalue weighted by atomic mass is 35.5. The van der Waals surface area contributed by atoms with E-state index in [-0.39, 0.29) is 28.7 Å². The van der Waals surface area contributed by atoms with Crippen molar-refractivity contribution >= 4 is 35.1 Å². The van der Waals surface area contributed by atoms with E-state index < -0.39 is 18.0 Å². The van der Waals surface area contributed by atoms with Crippen molar-refractivity contribution in [3.8, 4) is 11.5 Å². The molecule has 1 amide bonds. The van der Waals surface area contributed by atoms with Gasteiger partial charge in [-0.2, -0.15) is 0 Å². The van der Waals surface area contributed by atoms with E-state index in [1.807, 2.05) is 0 Å². The molecule has 0 aliphatic rings. The van der Waals surface area contributed by atoms with Gasteiger partial charge in [0.25, 0.3) is 5.91 Å². The molecule has 6 nitrogen and oxygen atoms in total. The Kier molecular flexibility index (Phi) is 6.71. The van der Waals surface area contributed by atoms with Crippen LogP contribution in [0, 0.1) is 0 Å². The van der Waals surface area contributed by atoms with Crippen LogP contribution < -0.4 is 15.2 Å². The average Bonchev–Trinajstić information content (AvgIpc) is 2.60. The maximum Gasteiger partial charge on any atom is 0.338 e. The van der Waals surface area contributed by atoms with Gasteiger partial charge in [-0.15, -0.1) is 0 Å². The number of benzene rings is 2. The number of amides is 1. The molecule has 2 rings (SSSR count). The summed E-state index contributed by atoms with van der Waals surface area (Å²) < 4.78 is 15.8. The Morgan fingerprint density at radius 3 is 2.46 bits per heavy atom. The third-order valence-electron chi connectivity index (χ3n) is 3.45. The normalized spacial score (nSPS) is 11.5. The van der Waals surface area contributed by atoms with Gasteiger partial charge in [0.2, 0.25) is 0 Å². The highest BCUT2D eigenvalue weighted by Crippen LogP contribution is 2.37. The van der Waals surface area contributed by atoms with E-state index in [0.717, 1.165) is 0 Å².